The van der Waals surface area contributed by atoms with Gasteiger partial charge >= 0.3 is 0 Å². The predicted molar refractivity (Wildman–Crippen MR) is 149 cm³/mol. The quantitative estimate of drug-likeness (QED) is 0.275. The highest BCUT2D eigenvalue weighted by Crippen LogP contribution is 2.63. The Bertz CT molecular complexity index is 1190. The van der Waals surface area contributed by atoms with Crippen LogP contribution in [0.2, 0.25) is 5.02 Å². The Balaban J connectivity index is 0.00000342. The molecule has 0 aliphatic rings. The molecule has 178 valence electrons. The molecule has 0 saturated carbocycles. The van der Waals surface area contributed by atoms with Gasteiger partial charge in [-0.1, -0.05) is 89.6 Å². The van der Waals surface area contributed by atoms with E-state index in [0.717, 1.165) is 20.8 Å². The first kappa shape index (κ1) is 27.3. The number of thioether (sulfide) groups is 1. The number of hydrogen-bond donors (Lipinski definition) is 1. The zero-order valence-corrected chi connectivity index (χ0v) is 22.8. The van der Waals surface area contributed by atoms with E-state index in [4.69, 9.17) is 23.2 Å². The van der Waals surface area contributed by atoms with E-state index in [1.165, 1.54) is 18.7 Å². The molecule has 0 aromatic heterocycles. The van der Waals surface area contributed by atoms with E-state index in [1.807, 2.05) is 78.9 Å². The van der Waals surface area contributed by atoms with Gasteiger partial charge in [-0.25, -0.2) is 0 Å². The summed E-state index contributed by atoms with van der Waals surface area (Å²) in [4.78, 5) is 13.5. The molecule has 4 aromatic carbocycles. The number of carbonyl (C=O) groups is 1. The lowest BCUT2D eigenvalue weighted by molar-refractivity contribution is -0.118. The Morgan fingerprint density at radius 3 is 1.49 bits per heavy atom. The number of amides is 1. The predicted octanol–water partition coefficient (Wildman–Crippen LogP) is 3.93. The Morgan fingerprint density at radius 2 is 1.11 bits per heavy atom. The van der Waals surface area contributed by atoms with E-state index < -0.39 is 7.26 Å². The number of carbonyl (C=O) groups excluding carboxylic acids is 1. The van der Waals surface area contributed by atoms with E-state index in [0.29, 0.717) is 14.8 Å². The van der Waals surface area contributed by atoms with E-state index in [2.05, 4.69) is 41.7 Å². The highest BCUT2D eigenvalue weighted by Gasteiger charge is 2.52. The van der Waals surface area contributed by atoms with E-state index in [9.17, 15) is 4.79 Å². The SMILES string of the molecule is CC(=O)N/C(=C(\Cl)Sc1ccc(Cl)cc1)[P+](c1ccccc1)(c1ccccc1)c1ccccc1.[Cl-]. The monoisotopic (exact) mass is 557 g/mol. The molecule has 4 rings (SSSR count). The third-order valence-corrected chi connectivity index (χ3v) is 11.3. The largest absolute Gasteiger partial charge is 1.00 e. The maximum absolute atomic E-state index is 12.6. The second-order valence-corrected chi connectivity index (χ2v) is 13.0. The smallest absolute Gasteiger partial charge is 0.223 e. The minimum atomic E-state index is -2.55. The fourth-order valence-electron chi connectivity index (χ4n) is 3.88. The molecule has 0 atom stereocenters. The fraction of sp³-hybridized carbons (Fsp3) is 0.0357. The van der Waals surface area contributed by atoms with Crippen molar-refractivity contribution in [2.45, 2.75) is 11.8 Å². The normalized spacial score (nSPS) is 11.7. The minimum absolute atomic E-state index is 0. The molecular formula is C28H23Cl3NOPS. The van der Waals surface area contributed by atoms with Gasteiger partial charge in [-0.3, -0.25) is 10.1 Å². The molecule has 4 aromatic rings. The molecule has 1 N–H and O–H groups in total. The van der Waals surface area contributed by atoms with Crippen LogP contribution in [0.3, 0.4) is 0 Å². The fourth-order valence-corrected chi connectivity index (χ4v) is 9.99. The molecule has 7 heteroatoms. The Labute approximate surface area is 227 Å². The van der Waals surface area contributed by atoms with Crippen molar-refractivity contribution >= 4 is 64.0 Å². The van der Waals surface area contributed by atoms with Crippen LogP contribution < -0.4 is 33.6 Å². The lowest BCUT2D eigenvalue weighted by Gasteiger charge is -2.29. The summed E-state index contributed by atoms with van der Waals surface area (Å²) < 4.78 is 0.516. The van der Waals surface area contributed by atoms with Crippen LogP contribution in [0.25, 0.3) is 0 Å². The molecule has 2 nitrogen and oxygen atoms in total. The molecule has 0 aliphatic heterocycles. The minimum Gasteiger partial charge on any atom is -1.00 e. The van der Waals surface area contributed by atoms with Crippen molar-refractivity contribution in [2.75, 3.05) is 0 Å². The Kier molecular flexibility index (Phi) is 9.86. The van der Waals surface area contributed by atoms with E-state index in [-0.39, 0.29) is 18.3 Å². The topological polar surface area (TPSA) is 29.1 Å². The molecular weight excluding hydrogens is 536 g/mol. The van der Waals surface area contributed by atoms with Crippen molar-refractivity contribution in [2.24, 2.45) is 0 Å². The van der Waals surface area contributed by atoms with Crippen LogP contribution in [-0.4, -0.2) is 5.91 Å². The van der Waals surface area contributed by atoms with Gasteiger partial charge in [0.1, 0.15) is 20.3 Å². The van der Waals surface area contributed by atoms with Gasteiger partial charge in [-0.2, -0.15) is 0 Å². The molecule has 0 aliphatic carbocycles. The van der Waals surface area contributed by atoms with Gasteiger partial charge in [0.15, 0.2) is 7.26 Å². The maximum Gasteiger partial charge on any atom is 0.223 e. The van der Waals surface area contributed by atoms with Crippen LogP contribution in [-0.2, 0) is 4.79 Å². The number of benzene rings is 4. The van der Waals surface area contributed by atoms with Gasteiger partial charge in [0.05, 0.1) is 0 Å². The summed E-state index contributed by atoms with van der Waals surface area (Å²) in [5.74, 6) is -0.169. The van der Waals surface area contributed by atoms with Crippen molar-refractivity contribution in [3.05, 3.63) is 130 Å². The summed E-state index contributed by atoms with van der Waals surface area (Å²) in [6, 6.07) is 38.4. The number of rotatable bonds is 7. The van der Waals surface area contributed by atoms with Gasteiger partial charge in [0.25, 0.3) is 0 Å². The van der Waals surface area contributed by atoms with E-state index >= 15 is 0 Å². The lowest BCUT2D eigenvalue weighted by Crippen LogP contribution is -3.00. The van der Waals surface area contributed by atoms with Gasteiger partial charge in [0, 0.05) is 16.8 Å². The molecule has 0 fully saturated rings. The second kappa shape index (κ2) is 12.6. The first-order valence-corrected chi connectivity index (χ1v) is 14.0. The van der Waals surface area contributed by atoms with Crippen LogP contribution >= 0.6 is 42.2 Å². The molecule has 35 heavy (non-hydrogen) atoms. The van der Waals surface area contributed by atoms with Crippen LogP contribution in [0.15, 0.2) is 130 Å². The van der Waals surface area contributed by atoms with Crippen LogP contribution in [0, 0.1) is 0 Å². The lowest BCUT2D eigenvalue weighted by atomic mass is 10.4. The number of nitrogens with one attached hydrogen (secondary N) is 1. The first-order valence-electron chi connectivity index (χ1n) is 10.7. The second-order valence-electron chi connectivity index (χ2n) is 7.54. The van der Waals surface area contributed by atoms with Crippen LogP contribution in [0.5, 0.6) is 0 Å². The third-order valence-electron chi connectivity index (χ3n) is 5.27. The van der Waals surface area contributed by atoms with Crippen molar-refractivity contribution in [1.82, 2.24) is 5.32 Å². The van der Waals surface area contributed by atoms with Crippen molar-refractivity contribution in [1.29, 1.82) is 0 Å². The molecule has 0 saturated heterocycles. The summed E-state index contributed by atoms with van der Waals surface area (Å²) >= 11 is 14.6. The molecule has 0 unspecified atom stereocenters. The van der Waals surface area contributed by atoms with Gasteiger partial charge in [-0.15, -0.1) is 0 Å². The molecule has 0 radical (unpaired) electrons. The van der Waals surface area contributed by atoms with Gasteiger partial charge in [-0.05, 0) is 60.7 Å². The summed E-state index contributed by atoms with van der Waals surface area (Å²) in [6.07, 6.45) is 0. The average molecular weight is 559 g/mol. The highest BCUT2D eigenvalue weighted by atomic mass is 35.5. The molecule has 0 bridgehead atoms. The summed E-state index contributed by atoms with van der Waals surface area (Å²) in [5.41, 5.74) is 0.713. The highest BCUT2D eigenvalue weighted by molar-refractivity contribution is 8.06. The molecule has 1 amide bonds. The van der Waals surface area contributed by atoms with Crippen LogP contribution in [0.1, 0.15) is 6.92 Å². The molecule has 0 heterocycles. The van der Waals surface area contributed by atoms with Crippen molar-refractivity contribution in [3.8, 4) is 0 Å². The summed E-state index contributed by atoms with van der Waals surface area (Å²) in [5, 5.41) is 7.13. The van der Waals surface area contributed by atoms with Crippen LogP contribution in [0.4, 0.5) is 0 Å². The van der Waals surface area contributed by atoms with E-state index in [1.54, 1.807) is 0 Å². The van der Waals surface area contributed by atoms with Crippen molar-refractivity contribution in [3.63, 3.8) is 0 Å². The zero-order chi connectivity index (χ0) is 24.0. The summed E-state index contributed by atoms with van der Waals surface area (Å²) in [6.45, 7) is 1.52. The number of halogens is 3. The standard InChI is InChI=1S/C28H22Cl2NOPS.ClH/c1-21(32)31-28(27(30)34-26-19-17-22(29)18-20-26)33(23-11-5-2-6-12-23,24-13-7-3-8-14-24)25-15-9-4-10-16-25;/h2-20H,1H3;1H/b28-27-;. The Hall–Kier alpha value is -2.26. The third kappa shape index (κ3) is 6.12. The van der Waals surface area contributed by atoms with Crippen molar-refractivity contribution < 1.29 is 17.2 Å². The molecule has 0 spiro atoms. The van der Waals surface area contributed by atoms with Gasteiger partial charge in [0.2, 0.25) is 11.3 Å². The van der Waals surface area contributed by atoms with Gasteiger partial charge < -0.3 is 12.4 Å². The summed E-state index contributed by atoms with van der Waals surface area (Å²) in [7, 11) is -2.55. The first-order chi connectivity index (χ1) is 16.5. The number of hydrogen-bond acceptors (Lipinski definition) is 2. The average Bonchev–Trinajstić information content (AvgIpc) is 2.87. The Morgan fingerprint density at radius 1 is 0.714 bits per heavy atom. The maximum atomic E-state index is 12.6. The zero-order valence-electron chi connectivity index (χ0n) is 18.9.